The van der Waals surface area contributed by atoms with E-state index in [9.17, 15) is 26.7 Å². The van der Waals surface area contributed by atoms with E-state index in [-0.39, 0.29) is 18.5 Å². The van der Waals surface area contributed by atoms with Crippen LogP contribution < -0.4 is 5.32 Å². The highest BCUT2D eigenvalue weighted by atomic mass is 19.4. The molecule has 0 radical (unpaired) electrons. The minimum atomic E-state index is -4.42. The Morgan fingerprint density at radius 2 is 1.58 bits per heavy atom. The van der Waals surface area contributed by atoms with Crippen LogP contribution in [0.2, 0.25) is 0 Å². The molecule has 1 amide bonds. The second kappa shape index (κ2) is 11.9. The Bertz CT molecular complexity index is 1610. The first kappa shape index (κ1) is 29.0. The van der Waals surface area contributed by atoms with Crippen LogP contribution in [0.4, 0.5) is 27.8 Å². The molecule has 0 bridgehead atoms. The van der Waals surface area contributed by atoms with Gasteiger partial charge in [-0.2, -0.15) is 13.2 Å². The molecule has 2 aliphatic heterocycles. The number of pyridine rings is 1. The van der Waals surface area contributed by atoms with Crippen molar-refractivity contribution in [3.8, 4) is 11.1 Å². The average Bonchev–Trinajstić information content (AvgIpc) is 3.67. The van der Waals surface area contributed by atoms with E-state index in [1.165, 1.54) is 37.1 Å². The van der Waals surface area contributed by atoms with Crippen LogP contribution in [0.3, 0.4) is 0 Å². The second-order valence-electron chi connectivity index (χ2n) is 11.3. The summed E-state index contributed by atoms with van der Waals surface area (Å²) in [6.45, 7) is 3.75. The van der Waals surface area contributed by atoms with Crippen LogP contribution in [-0.2, 0) is 12.7 Å². The molecule has 0 saturated carbocycles. The monoisotopic (exact) mass is 594 g/mol. The van der Waals surface area contributed by atoms with Crippen molar-refractivity contribution in [1.29, 1.82) is 0 Å². The predicted octanol–water partition coefficient (Wildman–Crippen LogP) is 7.51. The van der Waals surface area contributed by atoms with Gasteiger partial charge >= 0.3 is 6.18 Å². The molecule has 43 heavy (non-hydrogen) atoms. The Morgan fingerprint density at radius 1 is 0.860 bits per heavy atom. The smallest absolute Gasteiger partial charge is 0.366 e. The summed E-state index contributed by atoms with van der Waals surface area (Å²) in [6.07, 6.45) is -0.241. The Balaban J connectivity index is 1.34. The van der Waals surface area contributed by atoms with Crippen LogP contribution in [0.15, 0.2) is 66.7 Å². The molecule has 2 fully saturated rings. The van der Waals surface area contributed by atoms with E-state index in [1.807, 2.05) is 4.90 Å². The molecule has 224 valence electrons. The molecule has 0 aliphatic carbocycles. The fraction of sp³-hybridized carbons (Fsp3) is 0.333. The molecule has 5 nitrogen and oxygen atoms in total. The molecule has 3 aromatic carbocycles. The third-order valence-electron chi connectivity index (χ3n) is 8.30. The van der Waals surface area contributed by atoms with Crippen molar-refractivity contribution in [2.75, 3.05) is 31.5 Å². The Hall–Kier alpha value is -4.05. The Morgan fingerprint density at radius 3 is 2.28 bits per heavy atom. The van der Waals surface area contributed by atoms with E-state index in [2.05, 4.69) is 10.2 Å². The lowest BCUT2D eigenvalue weighted by atomic mass is 10.0. The first-order valence-corrected chi connectivity index (χ1v) is 14.5. The minimum absolute atomic E-state index is 0.104. The van der Waals surface area contributed by atoms with Gasteiger partial charge in [0.1, 0.15) is 17.5 Å². The number of hydrogen-bond acceptors (Lipinski definition) is 4. The van der Waals surface area contributed by atoms with E-state index >= 15 is 0 Å². The third kappa shape index (κ3) is 6.49. The average molecular weight is 595 g/mol. The molecule has 6 rings (SSSR count). The van der Waals surface area contributed by atoms with Crippen LogP contribution >= 0.6 is 0 Å². The molecule has 10 heteroatoms. The summed E-state index contributed by atoms with van der Waals surface area (Å²) >= 11 is 0. The number of benzene rings is 3. The van der Waals surface area contributed by atoms with Crippen LogP contribution in [0.25, 0.3) is 22.0 Å². The highest BCUT2D eigenvalue weighted by Gasteiger charge is 2.33. The molecule has 4 aromatic rings. The first-order valence-electron chi connectivity index (χ1n) is 14.5. The summed E-state index contributed by atoms with van der Waals surface area (Å²) in [5.41, 5.74) is 1.65. The van der Waals surface area contributed by atoms with Crippen molar-refractivity contribution in [1.82, 2.24) is 14.8 Å². The SMILES string of the molecule is O=C(c1cc(NCc2ccc(C(F)(F)F)cc2)nc2cc(-c3cc(F)cc(F)c3)ccc12)N1CCC[C@H]1CN1CCCC1. The number of halogens is 5. The number of likely N-dealkylation sites (tertiary alicyclic amines) is 2. The zero-order chi connectivity index (χ0) is 30.1. The fourth-order valence-electron chi connectivity index (χ4n) is 6.11. The van der Waals surface area contributed by atoms with Gasteiger partial charge in [-0.05, 0) is 91.9 Å². The van der Waals surface area contributed by atoms with Crippen LogP contribution in [-0.4, -0.2) is 52.9 Å². The second-order valence-corrected chi connectivity index (χ2v) is 11.3. The van der Waals surface area contributed by atoms with E-state index in [4.69, 9.17) is 4.98 Å². The largest absolute Gasteiger partial charge is 0.416 e. The van der Waals surface area contributed by atoms with E-state index in [0.29, 0.717) is 45.5 Å². The van der Waals surface area contributed by atoms with Crippen molar-refractivity contribution >= 4 is 22.6 Å². The van der Waals surface area contributed by atoms with E-state index in [1.54, 1.807) is 24.3 Å². The molecule has 3 heterocycles. The van der Waals surface area contributed by atoms with E-state index < -0.39 is 23.4 Å². The van der Waals surface area contributed by atoms with Gasteiger partial charge in [0.05, 0.1) is 16.6 Å². The van der Waals surface area contributed by atoms with Gasteiger partial charge in [0.2, 0.25) is 0 Å². The minimum Gasteiger partial charge on any atom is -0.366 e. The van der Waals surface area contributed by atoms with Gasteiger partial charge in [-0.3, -0.25) is 4.79 Å². The number of nitrogens with zero attached hydrogens (tertiary/aromatic N) is 3. The summed E-state index contributed by atoms with van der Waals surface area (Å²) in [5, 5.41) is 3.76. The van der Waals surface area contributed by atoms with Gasteiger partial charge in [-0.1, -0.05) is 24.3 Å². The fourth-order valence-corrected chi connectivity index (χ4v) is 6.11. The van der Waals surface area contributed by atoms with Gasteiger partial charge in [0, 0.05) is 37.1 Å². The van der Waals surface area contributed by atoms with Crippen LogP contribution in [0.5, 0.6) is 0 Å². The first-order chi connectivity index (χ1) is 20.6. The van der Waals surface area contributed by atoms with E-state index in [0.717, 1.165) is 50.7 Å². The topological polar surface area (TPSA) is 48.5 Å². The van der Waals surface area contributed by atoms with Crippen molar-refractivity contribution in [3.63, 3.8) is 0 Å². The summed E-state index contributed by atoms with van der Waals surface area (Å²) < 4.78 is 67.0. The molecule has 1 aromatic heterocycles. The lowest BCUT2D eigenvalue weighted by Gasteiger charge is -2.29. The predicted molar refractivity (Wildman–Crippen MR) is 156 cm³/mol. The summed E-state index contributed by atoms with van der Waals surface area (Å²) in [5.74, 6) is -1.15. The van der Waals surface area contributed by atoms with Crippen molar-refractivity contribution in [3.05, 3.63) is 95.1 Å². The van der Waals surface area contributed by atoms with Crippen molar-refractivity contribution in [2.45, 2.75) is 44.4 Å². The van der Waals surface area contributed by atoms with Gasteiger partial charge in [-0.15, -0.1) is 0 Å². The molecule has 2 aliphatic rings. The lowest BCUT2D eigenvalue weighted by molar-refractivity contribution is -0.137. The molecule has 0 unspecified atom stereocenters. The zero-order valence-corrected chi connectivity index (χ0v) is 23.4. The van der Waals surface area contributed by atoms with Crippen LogP contribution in [0, 0.1) is 11.6 Å². The number of nitrogens with one attached hydrogen (secondary N) is 1. The number of alkyl halides is 3. The molecular weight excluding hydrogens is 563 g/mol. The number of carbonyl (C=O) groups excluding carboxylic acids is 1. The van der Waals surface area contributed by atoms with Gasteiger partial charge in [-0.25, -0.2) is 13.8 Å². The van der Waals surface area contributed by atoms with Gasteiger partial charge in [0.15, 0.2) is 0 Å². The third-order valence-corrected chi connectivity index (χ3v) is 8.30. The number of anilines is 1. The number of amides is 1. The summed E-state index contributed by atoms with van der Waals surface area (Å²) in [7, 11) is 0. The van der Waals surface area contributed by atoms with Gasteiger partial charge in [0.25, 0.3) is 5.91 Å². The zero-order valence-electron chi connectivity index (χ0n) is 23.4. The number of fused-ring (bicyclic) bond motifs is 1. The molecule has 0 spiro atoms. The number of carbonyl (C=O) groups is 1. The molecule has 2 saturated heterocycles. The maximum Gasteiger partial charge on any atom is 0.416 e. The number of aromatic nitrogens is 1. The van der Waals surface area contributed by atoms with Crippen LogP contribution in [0.1, 0.15) is 47.2 Å². The molecule has 1 atom stereocenters. The van der Waals surface area contributed by atoms with Gasteiger partial charge < -0.3 is 15.1 Å². The summed E-state index contributed by atoms with van der Waals surface area (Å²) in [6, 6.07) is 15.1. The molecule has 1 N–H and O–H groups in total. The highest BCUT2D eigenvalue weighted by Crippen LogP contribution is 2.32. The Kier molecular flexibility index (Phi) is 8.05. The number of rotatable bonds is 7. The standard InChI is InChI=1S/C33H31F5N4O/c34-25-14-23(15-26(35)17-25)22-7-10-28-29(32(43)42-13-3-4-27(42)20-41-11-1-2-12-41)18-31(40-30(28)16-22)39-19-21-5-8-24(9-6-21)33(36,37)38/h5-10,14-18,27H,1-4,11-13,19-20H2,(H,39,40)/t27-/m0/s1. The normalized spacial score (nSPS) is 17.6. The van der Waals surface area contributed by atoms with Crippen molar-refractivity contribution < 1.29 is 26.7 Å². The highest BCUT2D eigenvalue weighted by molar-refractivity contribution is 6.07. The quantitative estimate of drug-likeness (QED) is 0.225. The lowest BCUT2D eigenvalue weighted by Crippen LogP contribution is -2.42. The maximum absolute atomic E-state index is 14.1. The van der Waals surface area contributed by atoms with Crippen molar-refractivity contribution in [2.24, 2.45) is 0 Å². The molecular formula is C33H31F5N4O. The maximum atomic E-state index is 14.1. The summed E-state index contributed by atoms with van der Waals surface area (Å²) in [4.78, 5) is 23.1. The number of hydrogen-bond donors (Lipinski definition) is 1. The Labute approximate surface area is 246 Å².